The summed E-state index contributed by atoms with van der Waals surface area (Å²) in [6, 6.07) is 7.47. The smallest absolute Gasteiger partial charge is 0.120 e. The van der Waals surface area contributed by atoms with Crippen molar-refractivity contribution in [2.45, 2.75) is 0 Å². The minimum Gasteiger partial charge on any atom is -0.493 e. The Labute approximate surface area is 106 Å². The molecule has 0 bridgehead atoms. The number of rotatable bonds is 6. The van der Waals surface area contributed by atoms with E-state index in [1.807, 2.05) is 24.3 Å². The lowest BCUT2D eigenvalue weighted by atomic mass is 10.2. The zero-order valence-corrected chi connectivity index (χ0v) is 10.4. The van der Waals surface area contributed by atoms with Gasteiger partial charge in [0.15, 0.2) is 0 Å². The van der Waals surface area contributed by atoms with Crippen LogP contribution in [0.4, 0.5) is 0 Å². The van der Waals surface area contributed by atoms with Crippen LogP contribution in [0.3, 0.4) is 0 Å². The maximum atomic E-state index is 8.60. The van der Waals surface area contributed by atoms with Crippen LogP contribution in [0, 0.1) is 11.8 Å². The Morgan fingerprint density at radius 3 is 2.88 bits per heavy atom. The number of hydrogen-bond acceptors (Lipinski definition) is 4. The standard InChI is InChI=1S/C13H16O3S/c14-6-2-4-12-3-1-5-13(11-12)16-8-10-17-9-7-15/h1,3,5,11,14-15H,6-10H2. The van der Waals surface area contributed by atoms with E-state index in [9.17, 15) is 0 Å². The lowest BCUT2D eigenvalue weighted by Crippen LogP contribution is -2.01. The van der Waals surface area contributed by atoms with Crippen LogP contribution in [0.1, 0.15) is 5.56 Å². The highest BCUT2D eigenvalue weighted by molar-refractivity contribution is 7.99. The molecule has 4 heteroatoms. The van der Waals surface area contributed by atoms with Gasteiger partial charge >= 0.3 is 0 Å². The normalized spacial score (nSPS) is 9.53. The van der Waals surface area contributed by atoms with Gasteiger partial charge in [-0.15, -0.1) is 0 Å². The summed E-state index contributed by atoms with van der Waals surface area (Å²) in [5, 5.41) is 17.2. The van der Waals surface area contributed by atoms with Crippen LogP contribution < -0.4 is 4.74 Å². The molecule has 0 saturated carbocycles. The van der Waals surface area contributed by atoms with Crippen molar-refractivity contribution in [3.05, 3.63) is 29.8 Å². The highest BCUT2D eigenvalue weighted by Crippen LogP contribution is 2.13. The van der Waals surface area contributed by atoms with Crippen molar-refractivity contribution in [1.29, 1.82) is 0 Å². The first-order valence-electron chi connectivity index (χ1n) is 5.38. The van der Waals surface area contributed by atoms with Gasteiger partial charge in [0.25, 0.3) is 0 Å². The molecule has 1 aromatic carbocycles. The third-order valence-electron chi connectivity index (χ3n) is 1.88. The van der Waals surface area contributed by atoms with Crippen LogP contribution >= 0.6 is 11.8 Å². The number of hydrogen-bond donors (Lipinski definition) is 2. The molecular weight excluding hydrogens is 236 g/mol. The molecule has 0 atom stereocenters. The van der Waals surface area contributed by atoms with E-state index < -0.39 is 0 Å². The number of benzene rings is 1. The predicted octanol–water partition coefficient (Wildman–Crippen LogP) is 1.13. The van der Waals surface area contributed by atoms with Gasteiger partial charge < -0.3 is 14.9 Å². The molecule has 0 radical (unpaired) electrons. The Morgan fingerprint density at radius 1 is 1.24 bits per heavy atom. The van der Waals surface area contributed by atoms with Crippen molar-refractivity contribution in [3.63, 3.8) is 0 Å². The monoisotopic (exact) mass is 252 g/mol. The zero-order chi connectivity index (χ0) is 12.3. The highest BCUT2D eigenvalue weighted by Gasteiger charge is 1.95. The number of aliphatic hydroxyl groups is 2. The van der Waals surface area contributed by atoms with Crippen molar-refractivity contribution in [2.75, 3.05) is 31.3 Å². The maximum absolute atomic E-state index is 8.60. The van der Waals surface area contributed by atoms with E-state index in [2.05, 4.69) is 11.8 Å². The fraction of sp³-hybridized carbons (Fsp3) is 0.385. The molecule has 0 aliphatic rings. The van der Waals surface area contributed by atoms with E-state index in [0.717, 1.165) is 22.8 Å². The molecular formula is C13H16O3S. The molecule has 92 valence electrons. The minimum absolute atomic E-state index is 0.136. The third kappa shape index (κ3) is 6.22. The van der Waals surface area contributed by atoms with Crippen LogP contribution in [0.2, 0.25) is 0 Å². The van der Waals surface area contributed by atoms with Crippen LogP contribution in [0.15, 0.2) is 24.3 Å². The first kappa shape index (κ1) is 13.9. The Morgan fingerprint density at radius 2 is 2.12 bits per heavy atom. The summed E-state index contributed by atoms with van der Waals surface area (Å²) in [5.74, 6) is 7.79. The molecule has 0 aliphatic carbocycles. The first-order chi connectivity index (χ1) is 8.36. The largest absolute Gasteiger partial charge is 0.493 e. The molecule has 0 aromatic heterocycles. The topological polar surface area (TPSA) is 49.7 Å². The van der Waals surface area contributed by atoms with Crippen LogP contribution in [0.5, 0.6) is 5.75 Å². The second kappa shape index (κ2) is 8.94. The molecule has 0 fully saturated rings. The van der Waals surface area contributed by atoms with Crippen LogP contribution in [-0.4, -0.2) is 41.5 Å². The van der Waals surface area contributed by atoms with Gasteiger partial charge in [-0.3, -0.25) is 0 Å². The summed E-state index contributed by atoms with van der Waals surface area (Å²) in [4.78, 5) is 0. The summed E-state index contributed by atoms with van der Waals surface area (Å²) >= 11 is 1.65. The van der Waals surface area contributed by atoms with E-state index in [4.69, 9.17) is 14.9 Å². The SMILES string of the molecule is OCC#Cc1cccc(OCCSCCO)c1. The number of thioether (sulfide) groups is 1. The van der Waals surface area contributed by atoms with Gasteiger partial charge in [0.05, 0.1) is 13.2 Å². The van der Waals surface area contributed by atoms with E-state index >= 15 is 0 Å². The molecule has 17 heavy (non-hydrogen) atoms. The summed E-state index contributed by atoms with van der Waals surface area (Å²) in [6.07, 6.45) is 0. The fourth-order valence-corrected chi connectivity index (χ4v) is 1.72. The van der Waals surface area contributed by atoms with Crippen LogP contribution in [-0.2, 0) is 0 Å². The van der Waals surface area contributed by atoms with Gasteiger partial charge in [0.1, 0.15) is 12.4 Å². The van der Waals surface area contributed by atoms with Gasteiger partial charge in [-0.1, -0.05) is 17.9 Å². The number of aliphatic hydroxyl groups excluding tert-OH is 2. The van der Waals surface area contributed by atoms with E-state index in [1.165, 1.54) is 0 Å². The van der Waals surface area contributed by atoms with E-state index in [1.54, 1.807) is 11.8 Å². The van der Waals surface area contributed by atoms with Gasteiger partial charge in [-0.25, -0.2) is 0 Å². The van der Waals surface area contributed by atoms with Gasteiger partial charge in [0.2, 0.25) is 0 Å². The van der Waals surface area contributed by atoms with Crippen molar-refractivity contribution >= 4 is 11.8 Å². The third-order valence-corrected chi connectivity index (χ3v) is 2.80. The summed E-state index contributed by atoms with van der Waals surface area (Å²) in [5.41, 5.74) is 0.833. The van der Waals surface area contributed by atoms with Crippen molar-refractivity contribution < 1.29 is 14.9 Å². The van der Waals surface area contributed by atoms with E-state index in [0.29, 0.717) is 6.61 Å². The Hall–Kier alpha value is -1.15. The van der Waals surface area contributed by atoms with Crippen molar-refractivity contribution in [3.8, 4) is 17.6 Å². The summed E-state index contributed by atoms with van der Waals surface area (Å²) < 4.78 is 5.54. The molecule has 1 rings (SSSR count). The Bertz CT molecular complexity index is 382. The van der Waals surface area contributed by atoms with Gasteiger partial charge in [0, 0.05) is 17.1 Å². The van der Waals surface area contributed by atoms with Gasteiger partial charge in [-0.2, -0.15) is 11.8 Å². The van der Waals surface area contributed by atoms with Crippen molar-refractivity contribution in [1.82, 2.24) is 0 Å². The number of ether oxygens (including phenoxy) is 1. The molecule has 0 unspecified atom stereocenters. The summed E-state index contributed by atoms with van der Waals surface area (Å²) in [7, 11) is 0. The Kier molecular flexibility index (Phi) is 7.32. The molecule has 1 aromatic rings. The zero-order valence-electron chi connectivity index (χ0n) is 9.56. The molecule has 0 heterocycles. The second-order valence-electron chi connectivity index (χ2n) is 3.17. The molecule has 0 amide bonds. The lowest BCUT2D eigenvalue weighted by molar-refractivity contribution is 0.321. The minimum atomic E-state index is -0.136. The first-order valence-corrected chi connectivity index (χ1v) is 6.53. The molecule has 0 spiro atoms. The van der Waals surface area contributed by atoms with Crippen LogP contribution in [0.25, 0.3) is 0 Å². The lowest BCUT2D eigenvalue weighted by Gasteiger charge is -2.05. The average Bonchev–Trinajstić information content (AvgIpc) is 2.37. The highest BCUT2D eigenvalue weighted by atomic mass is 32.2. The quantitative estimate of drug-likeness (QED) is 0.589. The maximum Gasteiger partial charge on any atom is 0.120 e. The average molecular weight is 252 g/mol. The second-order valence-corrected chi connectivity index (χ2v) is 4.40. The predicted molar refractivity (Wildman–Crippen MR) is 70.3 cm³/mol. The fourth-order valence-electron chi connectivity index (χ4n) is 1.19. The molecule has 3 nitrogen and oxygen atoms in total. The summed E-state index contributed by atoms with van der Waals surface area (Å²) in [6.45, 7) is 0.682. The Balaban J connectivity index is 2.38. The van der Waals surface area contributed by atoms with Gasteiger partial charge in [-0.05, 0) is 18.2 Å². The molecule has 2 N–H and O–H groups in total. The molecule has 0 aliphatic heterocycles. The molecule has 0 saturated heterocycles. The van der Waals surface area contributed by atoms with E-state index in [-0.39, 0.29) is 13.2 Å². The van der Waals surface area contributed by atoms with Crippen molar-refractivity contribution in [2.24, 2.45) is 0 Å².